The lowest BCUT2D eigenvalue weighted by atomic mass is 10.3. The van der Waals surface area contributed by atoms with E-state index in [1.54, 1.807) is 18.2 Å². The van der Waals surface area contributed by atoms with Crippen LogP contribution in [0.3, 0.4) is 0 Å². The van der Waals surface area contributed by atoms with Crippen LogP contribution < -0.4 is 4.74 Å². The summed E-state index contributed by atoms with van der Waals surface area (Å²) in [6.07, 6.45) is 0.232. The topological polar surface area (TPSA) is 21.8 Å². The minimum absolute atomic E-state index is 0.232. The Morgan fingerprint density at radius 2 is 2.23 bits per heavy atom. The Morgan fingerprint density at radius 3 is 2.92 bits per heavy atom. The highest BCUT2D eigenvalue weighted by Gasteiger charge is 2.23. The van der Waals surface area contributed by atoms with Gasteiger partial charge in [-0.1, -0.05) is 23.2 Å². The van der Waals surface area contributed by atoms with Crippen molar-refractivity contribution < 1.29 is 9.47 Å². The maximum atomic E-state index is 5.88. The van der Waals surface area contributed by atoms with E-state index in [2.05, 4.69) is 0 Å². The number of halogens is 2. The first-order valence-corrected chi connectivity index (χ1v) is 4.71. The van der Waals surface area contributed by atoms with Crippen LogP contribution in [0.1, 0.15) is 0 Å². The third kappa shape index (κ3) is 2.50. The molecule has 1 fully saturated rings. The molecular weight excluding hydrogens is 211 g/mol. The monoisotopic (exact) mass is 218 g/mol. The summed E-state index contributed by atoms with van der Waals surface area (Å²) in [4.78, 5) is 0. The van der Waals surface area contributed by atoms with E-state index in [9.17, 15) is 0 Å². The summed E-state index contributed by atoms with van der Waals surface area (Å²) in [6, 6.07) is 5.14. The van der Waals surface area contributed by atoms with Crippen LogP contribution in [0.2, 0.25) is 10.0 Å². The Bertz CT molecular complexity index is 310. The number of ether oxygens (including phenoxy) is 2. The molecule has 1 atom stereocenters. The van der Waals surface area contributed by atoms with Gasteiger partial charge in [-0.25, -0.2) is 0 Å². The van der Waals surface area contributed by atoms with Crippen LogP contribution in [-0.2, 0) is 4.74 Å². The van der Waals surface area contributed by atoms with E-state index in [0.29, 0.717) is 22.4 Å². The van der Waals surface area contributed by atoms with Gasteiger partial charge in [0, 0.05) is 11.1 Å². The van der Waals surface area contributed by atoms with Crippen LogP contribution in [-0.4, -0.2) is 19.3 Å². The van der Waals surface area contributed by atoms with Crippen molar-refractivity contribution in [2.75, 3.05) is 13.2 Å². The first kappa shape index (κ1) is 9.13. The van der Waals surface area contributed by atoms with E-state index in [4.69, 9.17) is 32.7 Å². The Hall–Kier alpha value is -0.440. The Balaban J connectivity index is 2.03. The van der Waals surface area contributed by atoms with Gasteiger partial charge in [-0.3, -0.25) is 0 Å². The second-order valence-corrected chi connectivity index (χ2v) is 3.68. The van der Waals surface area contributed by atoms with Gasteiger partial charge < -0.3 is 9.47 Å². The number of hydrogen-bond acceptors (Lipinski definition) is 2. The third-order valence-electron chi connectivity index (χ3n) is 1.72. The second-order valence-electron chi connectivity index (χ2n) is 2.84. The summed E-state index contributed by atoms with van der Waals surface area (Å²) in [5.41, 5.74) is 0. The molecule has 2 rings (SSSR count). The van der Waals surface area contributed by atoms with E-state index < -0.39 is 0 Å². The van der Waals surface area contributed by atoms with Crippen LogP contribution in [0, 0.1) is 0 Å². The normalized spacial score (nSPS) is 20.0. The molecule has 1 aliphatic rings. The molecule has 0 spiro atoms. The lowest BCUT2D eigenvalue weighted by molar-refractivity contribution is 0.263. The molecule has 1 aliphatic heterocycles. The maximum Gasteiger partial charge on any atom is 0.139 e. The van der Waals surface area contributed by atoms with Crippen molar-refractivity contribution in [1.82, 2.24) is 0 Å². The molecule has 0 amide bonds. The molecular formula is C9H8Cl2O2. The summed E-state index contributed by atoms with van der Waals surface area (Å²) in [5.74, 6) is 0.615. The Morgan fingerprint density at radius 1 is 1.46 bits per heavy atom. The molecule has 0 aromatic heterocycles. The van der Waals surface area contributed by atoms with E-state index in [-0.39, 0.29) is 6.10 Å². The van der Waals surface area contributed by atoms with Crippen LogP contribution >= 0.6 is 23.2 Å². The van der Waals surface area contributed by atoms with Gasteiger partial charge in [-0.2, -0.15) is 0 Å². The Labute approximate surface area is 86.4 Å². The smallest absolute Gasteiger partial charge is 0.139 e. The van der Waals surface area contributed by atoms with E-state index >= 15 is 0 Å². The van der Waals surface area contributed by atoms with Crippen molar-refractivity contribution in [3.63, 3.8) is 0 Å². The minimum atomic E-state index is 0.232. The molecule has 1 saturated heterocycles. The highest BCUT2D eigenvalue weighted by molar-refractivity contribution is 6.34. The number of hydrogen-bond donors (Lipinski definition) is 0. The zero-order valence-electron chi connectivity index (χ0n) is 6.80. The number of rotatable bonds is 3. The molecule has 0 bridgehead atoms. The fourth-order valence-corrected chi connectivity index (χ4v) is 1.27. The van der Waals surface area contributed by atoms with Crippen molar-refractivity contribution in [3.8, 4) is 5.75 Å². The molecule has 0 N–H and O–H groups in total. The van der Waals surface area contributed by atoms with Crippen LogP contribution in [0.15, 0.2) is 18.2 Å². The molecule has 70 valence electrons. The zero-order chi connectivity index (χ0) is 9.26. The molecule has 0 unspecified atom stereocenters. The molecule has 0 aliphatic carbocycles. The zero-order valence-corrected chi connectivity index (χ0v) is 8.31. The van der Waals surface area contributed by atoms with Crippen LogP contribution in [0.4, 0.5) is 0 Å². The molecule has 1 aromatic rings. The van der Waals surface area contributed by atoms with Gasteiger partial charge in [0.15, 0.2) is 0 Å². The van der Waals surface area contributed by atoms with Gasteiger partial charge in [0.25, 0.3) is 0 Å². The number of benzene rings is 1. The molecule has 1 aromatic carbocycles. The largest absolute Gasteiger partial charge is 0.489 e. The highest BCUT2D eigenvalue weighted by Crippen LogP contribution is 2.28. The molecule has 13 heavy (non-hydrogen) atoms. The van der Waals surface area contributed by atoms with Crippen molar-refractivity contribution in [2.45, 2.75) is 6.10 Å². The van der Waals surface area contributed by atoms with E-state index in [1.165, 1.54) is 0 Å². The summed E-state index contributed by atoms with van der Waals surface area (Å²) in [7, 11) is 0. The molecule has 2 nitrogen and oxygen atoms in total. The average Bonchev–Trinajstić information content (AvgIpc) is 2.90. The lowest BCUT2D eigenvalue weighted by Crippen LogP contribution is -2.04. The predicted molar refractivity (Wildman–Crippen MR) is 51.7 cm³/mol. The summed E-state index contributed by atoms with van der Waals surface area (Å²) >= 11 is 11.7. The van der Waals surface area contributed by atoms with Gasteiger partial charge in [-0.05, 0) is 12.1 Å². The second kappa shape index (κ2) is 3.74. The fourth-order valence-electron chi connectivity index (χ4n) is 0.935. The van der Waals surface area contributed by atoms with E-state index in [0.717, 1.165) is 6.61 Å². The lowest BCUT2D eigenvalue weighted by Gasteiger charge is -2.05. The third-order valence-corrected chi connectivity index (χ3v) is 2.27. The van der Waals surface area contributed by atoms with E-state index in [1.807, 2.05) is 0 Å². The fraction of sp³-hybridized carbons (Fsp3) is 0.333. The predicted octanol–water partition coefficient (Wildman–Crippen LogP) is 2.77. The molecule has 1 heterocycles. The highest BCUT2D eigenvalue weighted by atomic mass is 35.5. The minimum Gasteiger partial charge on any atom is -0.489 e. The average molecular weight is 219 g/mol. The van der Waals surface area contributed by atoms with Gasteiger partial charge in [-0.15, -0.1) is 0 Å². The number of epoxide rings is 1. The summed E-state index contributed by atoms with van der Waals surface area (Å²) in [6.45, 7) is 1.32. The van der Waals surface area contributed by atoms with Crippen molar-refractivity contribution in [1.29, 1.82) is 0 Å². The summed E-state index contributed by atoms with van der Waals surface area (Å²) < 4.78 is 10.4. The molecule has 0 radical (unpaired) electrons. The first-order chi connectivity index (χ1) is 6.25. The Kier molecular flexibility index (Phi) is 2.63. The van der Waals surface area contributed by atoms with Crippen molar-refractivity contribution in [3.05, 3.63) is 28.2 Å². The van der Waals surface area contributed by atoms with Crippen molar-refractivity contribution in [2.24, 2.45) is 0 Å². The van der Waals surface area contributed by atoms with Gasteiger partial charge >= 0.3 is 0 Å². The summed E-state index contributed by atoms with van der Waals surface area (Å²) in [5, 5.41) is 1.20. The van der Waals surface area contributed by atoms with Gasteiger partial charge in [0.2, 0.25) is 0 Å². The first-order valence-electron chi connectivity index (χ1n) is 3.95. The quantitative estimate of drug-likeness (QED) is 0.729. The van der Waals surface area contributed by atoms with Crippen LogP contribution in [0.25, 0.3) is 0 Å². The van der Waals surface area contributed by atoms with Crippen molar-refractivity contribution >= 4 is 23.2 Å². The van der Waals surface area contributed by atoms with Gasteiger partial charge in [0.05, 0.1) is 11.6 Å². The molecule has 4 heteroatoms. The standard InChI is InChI=1S/C9H8Cl2O2/c10-6-1-2-8(11)9(3-6)13-5-7-4-12-7/h1-3,7H,4-5H2/t7-/m1/s1. The van der Waals surface area contributed by atoms with Gasteiger partial charge in [0.1, 0.15) is 18.5 Å². The molecule has 0 saturated carbocycles. The van der Waals surface area contributed by atoms with Crippen LogP contribution in [0.5, 0.6) is 5.75 Å². The maximum absolute atomic E-state index is 5.88. The SMILES string of the molecule is Clc1ccc(Cl)c(OC[C@H]2CO2)c1.